The number of carbonyl (C=O) groups excluding carboxylic acids is 3. The van der Waals surface area contributed by atoms with Crippen molar-refractivity contribution in [3.05, 3.63) is 28.8 Å². The summed E-state index contributed by atoms with van der Waals surface area (Å²) in [6.07, 6.45) is 0. The summed E-state index contributed by atoms with van der Waals surface area (Å²) in [5.74, 6) is -1.52. The average molecular weight is 407 g/mol. The highest BCUT2D eigenvalue weighted by Crippen LogP contribution is 2.33. The smallest absolute Gasteiger partial charge is 0.342 e. The van der Waals surface area contributed by atoms with Crippen molar-refractivity contribution in [2.45, 2.75) is 65.8 Å². The molecule has 0 fully saturated rings. The van der Waals surface area contributed by atoms with Crippen molar-refractivity contribution >= 4 is 17.8 Å². The van der Waals surface area contributed by atoms with E-state index < -0.39 is 24.0 Å². The van der Waals surface area contributed by atoms with Gasteiger partial charge in [0.25, 0.3) is 5.91 Å². The van der Waals surface area contributed by atoms with Gasteiger partial charge in [-0.15, -0.1) is 0 Å². The zero-order valence-electron chi connectivity index (χ0n) is 18.8. The Morgan fingerprint density at radius 1 is 1.10 bits per heavy atom. The highest BCUT2D eigenvalue weighted by Gasteiger charge is 2.23. The first-order chi connectivity index (χ1) is 13.2. The quantitative estimate of drug-likeness (QED) is 0.678. The number of carbonyl (C=O) groups is 3. The van der Waals surface area contributed by atoms with Crippen molar-refractivity contribution in [1.29, 1.82) is 0 Å². The van der Waals surface area contributed by atoms with Crippen LogP contribution in [-0.2, 0) is 14.3 Å². The highest BCUT2D eigenvalue weighted by atomic mass is 16.5. The standard InChI is InChI=1S/C22H34N2O5/c1-13(2)15-9-16(14(3)4)20(27)17(10-15)21(28)29-12-19(26)24(8)11-18(25)23-22(5,6)7/h9-10,13-14,27H,11-12H2,1-8H3,(H,23,25). The fourth-order valence-electron chi connectivity index (χ4n) is 2.69. The summed E-state index contributed by atoms with van der Waals surface area (Å²) in [6.45, 7) is 12.7. The first-order valence-electron chi connectivity index (χ1n) is 9.81. The third-order valence-electron chi connectivity index (χ3n) is 4.32. The second kappa shape index (κ2) is 9.76. The Kier molecular flexibility index (Phi) is 8.24. The van der Waals surface area contributed by atoms with E-state index in [2.05, 4.69) is 5.32 Å². The third-order valence-corrected chi connectivity index (χ3v) is 4.32. The number of aromatic hydroxyl groups is 1. The fraction of sp³-hybridized carbons (Fsp3) is 0.591. The number of phenols is 1. The minimum absolute atomic E-state index is 0.0225. The lowest BCUT2D eigenvalue weighted by Gasteiger charge is -2.23. The molecule has 0 atom stereocenters. The Labute approximate surface area is 173 Å². The maximum Gasteiger partial charge on any atom is 0.342 e. The number of hydrogen-bond donors (Lipinski definition) is 2. The molecular weight excluding hydrogens is 372 g/mol. The van der Waals surface area contributed by atoms with Crippen LogP contribution >= 0.6 is 0 Å². The van der Waals surface area contributed by atoms with Crippen molar-refractivity contribution in [1.82, 2.24) is 10.2 Å². The van der Waals surface area contributed by atoms with E-state index >= 15 is 0 Å². The third kappa shape index (κ3) is 7.40. The zero-order valence-corrected chi connectivity index (χ0v) is 18.8. The average Bonchev–Trinajstić information content (AvgIpc) is 2.57. The number of likely N-dealkylation sites (N-methyl/N-ethyl adjacent to an activating group) is 1. The number of hydrogen-bond acceptors (Lipinski definition) is 5. The van der Waals surface area contributed by atoms with Gasteiger partial charge in [-0.2, -0.15) is 0 Å². The molecule has 0 saturated carbocycles. The second-order valence-electron chi connectivity index (χ2n) is 8.94. The monoisotopic (exact) mass is 406 g/mol. The van der Waals surface area contributed by atoms with Crippen molar-refractivity contribution in [3.8, 4) is 5.75 Å². The topological polar surface area (TPSA) is 95.9 Å². The minimum Gasteiger partial charge on any atom is -0.507 e. The number of ether oxygens (including phenoxy) is 1. The van der Waals surface area contributed by atoms with Gasteiger partial charge in [0.1, 0.15) is 11.3 Å². The number of rotatable bonds is 7. The Bertz CT molecular complexity index is 763. The number of esters is 1. The first-order valence-corrected chi connectivity index (χ1v) is 9.81. The van der Waals surface area contributed by atoms with Crippen LogP contribution in [0.2, 0.25) is 0 Å². The predicted octanol–water partition coefficient (Wildman–Crippen LogP) is 3.17. The molecule has 1 aromatic rings. The molecule has 2 amide bonds. The first kappa shape index (κ1) is 24.5. The molecule has 0 heterocycles. The molecule has 0 spiro atoms. The van der Waals surface area contributed by atoms with Crippen LogP contribution in [0.1, 0.15) is 81.8 Å². The summed E-state index contributed by atoms with van der Waals surface area (Å²) in [5, 5.41) is 13.3. The Balaban J connectivity index is 2.84. The maximum atomic E-state index is 12.5. The van der Waals surface area contributed by atoms with Crippen molar-refractivity contribution in [3.63, 3.8) is 0 Å². The lowest BCUT2D eigenvalue weighted by atomic mass is 9.92. The van der Waals surface area contributed by atoms with Gasteiger partial charge in [0.15, 0.2) is 6.61 Å². The van der Waals surface area contributed by atoms with Crippen LogP contribution in [0.4, 0.5) is 0 Å². The molecule has 0 aliphatic carbocycles. The lowest BCUT2D eigenvalue weighted by molar-refractivity contribution is -0.137. The Hall–Kier alpha value is -2.57. The van der Waals surface area contributed by atoms with Gasteiger partial charge >= 0.3 is 5.97 Å². The van der Waals surface area contributed by atoms with Crippen LogP contribution in [0, 0.1) is 0 Å². The van der Waals surface area contributed by atoms with E-state index in [0.717, 1.165) is 5.56 Å². The van der Waals surface area contributed by atoms with E-state index in [1.54, 1.807) is 6.07 Å². The molecule has 0 aliphatic heterocycles. The molecule has 7 nitrogen and oxygen atoms in total. The lowest BCUT2D eigenvalue weighted by Crippen LogP contribution is -2.46. The van der Waals surface area contributed by atoms with Gasteiger partial charge in [0.2, 0.25) is 5.91 Å². The van der Waals surface area contributed by atoms with Crippen LogP contribution in [0.3, 0.4) is 0 Å². The van der Waals surface area contributed by atoms with Gasteiger partial charge < -0.3 is 20.1 Å². The maximum absolute atomic E-state index is 12.5. The van der Waals surface area contributed by atoms with Gasteiger partial charge in [-0.1, -0.05) is 33.8 Å². The molecule has 7 heteroatoms. The number of amides is 2. The van der Waals surface area contributed by atoms with Crippen molar-refractivity contribution < 1.29 is 24.2 Å². The van der Waals surface area contributed by atoms with Gasteiger partial charge in [-0.3, -0.25) is 9.59 Å². The molecule has 1 rings (SSSR count). The predicted molar refractivity (Wildman–Crippen MR) is 112 cm³/mol. The van der Waals surface area contributed by atoms with E-state index in [9.17, 15) is 19.5 Å². The summed E-state index contributed by atoms with van der Waals surface area (Å²) in [5.41, 5.74) is 1.20. The molecule has 0 aliphatic rings. The summed E-state index contributed by atoms with van der Waals surface area (Å²) in [4.78, 5) is 37.9. The summed E-state index contributed by atoms with van der Waals surface area (Å²) in [7, 11) is 1.46. The molecule has 0 saturated heterocycles. The largest absolute Gasteiger partial charge is 0.507 e. The molecule has 2 N–H and O–H groups in total. The molecule has 1 aromatic carbocycles. The van der Waals surface area contributed by atoms with E-state index in [4.69, 9.17) is 4.74 Å². The number of phenolic OH excluding ortho intramolecular Hbond substituents is 1. The van der Waals surface area contributed by atoms with Gasteiger partial charge in [0, 0.05) is 12.6 Å². The van der Waals surface area contributed by atoms with Crippen molar-refractivity contribution in [2.24, 2.45) is 0 Å². The van der Waals surface area contributed by atoms with Crippen LogP contribution in [0.5, 0.6) is 5.75 Å². The van der Waals surface area contributed by atoms with Gasteiger partial charge in [0.05, 0.1) is 6.54 Å². The molecule has 29 heavy (non-hydrogen) atoms. The van der Waals surface area contributed by atoms with Crippen LogP contribution in [-0.4, -0.2) is 53.5 Å². The van der Waals surface area contributed by atoms with Crippen LogP contribution in [0.15, 0.2) is 12.1 Å². The van der Waals surface area contributed by atoms with E-state index in [0.29, 0.717) is 5.56 Å². The van der Waals surface area contributed by atoms with E-state index in [-0.39, 0.29) is 35.6 Å². The molecule has 0 unspecified atom stereocenters. The molecule has 0 bridgehead atoms. The van der Waals surface area contributed by atoms with E-state index in [1.807, 2.05) is 54.5 Å². The van der Waals surface area contributed by atoms with Gasteiger partial charge in [-0.25, -0.2) is 4.79 Å². The Morgan fingerprint density at radius 2 is 1.69 bits per heavy atom. The summed E-state index contributed by atoms with van der Waals surface area (Å²) < 4.78 is 5.12. The second-order valence-corrected chi connectivity index (χ2v) is 8.94. The SMILES string of the molecule is CC(C)c1cc(C(=O)OCC(=O)N(C)CC(=O)NC(C)(C)C)c(O)c(C(C)C)c1. The summed E-state index contributed by atoms with van der Waals surface area (Å²) >= 11 is 0. The van der Waals surface area contributed by atoms with E-state index in [1.165, 1.54) is 11.9 Å². The molecule has 0 radical (unpaired) electrons. The highest BCUT2D eigenvalue weighted by molar-refractivity contribution is 5.95. The molecule has 162 valence electrons. The van der Waals surface area contributed by atoms with Crippen molar-refractivity contribution in [2.75, 3.05) is 20.2 Å². The normalized spacial score (nSPS) is 11.5. The minimum atomic E-state index is -0.771. The fourth-order valence-corrected chi connectivity index (χ4v) is 2.69. The summed E-state index contributed by atoms with van der Waals surface area (Å²) in [6, 6.07) is 3.48. The zero-order chi connectivity index (χ0) is 22.5. The molecule has 0 aromatic heterocycles. The number of benzene rings is 1. The van der Waals surface area contributed by atoms with Gasteiger partial charge in [-0.05, 0) is 49.8 Å². The molecular formula is C22H34N2O5. The van der Waals surface area contributed by atoms with Crippen LogP contribution < -0.4 is 5.32 Å². The number of nitrogens with one attached hydrogen (secondary N) is 1. The van der Waals surface area contributed by atoms with Crippen LogP contribution in [0.25, 0.3) is 0 Å². The Morgan fingerprint density at radius 3 is 2.17 bits per heavy atom. The number of nitrogens with zero attached hydrogens (tertiary/aromatic N) is 1.